The van der Waals surface area contributed by atoms with Crippen LogP contribution in [0.1, 0.15) is 66.6 Å². The number of likely N-dealkylation sites (tertiary alicyclic amines) is 1. The van der Waals surface area contributed by atoms with Gasteiger partial charge in [0.2, 0.25) is 5.88 Å². The van der Waals surface area contributed by atoms with E-state index in [1.807, 2.05) is 6.07 Å². The molecule has 2 aliphatic rings. The Hall–Kier alpha value is -5.07. The molecule has 2 fully saturated rings. The van der Waals surface area contributed by atoms with Crippen molar-refractivity contribution in [2.45, 2.75) is 70.9 Å². The number of piperidine rings is 1. The molecule has 0 unspecified atom stereocenters. The molecular formula is C33H32FN7O4. The molecule has 12 heteroatoms. The standard InChI is InChI=1S/C33H32FN7O4/c1-21-14-25(45-31-6-12-37-29(39-31)19-44-28-5-3-24(34)15-23(28)17-36)7-13-40(21)18-30-38-26-4-2-22(32(42)43)16-27(26)41(30)20-33(8-9-33)10-11-35/h2-6,12,15-16,21,25H,7-10,13-14,18-20H2,1H3,(H,42,43)/t21-,25-/m0/s1. The lowest BCUT2D eigenvalue weighted by Gasteiger charge is -2.37. The van der Waals surface area contributed by atoms with Crippen molar-refractivity contribution in [1.82, 2.24) is 24.4 Å². The van der Waals surface area contributed by atoms with E-state index in [-0.39, 0.29) is 41.0 Å². The molecule has 1 aliphatic carbocycles. The summed E-state index contributed by atoms with van der Waals surface area (Å²) in [7, 11) is 0. The van der Waals surface area contributed by atoms with Gasteiger partial charge in [-0.05, 0) is 69.0 Å². The number of hydrogen-bond acceptors (Lipinski definition) is 9. The van der Waals surface area contributed by atoms with E-state index in [1.165, 1.54) is 12.1 Å². The smallest absolute Gasteiger partial charge is 0.335 e. The maximum absolute atomic E-state index is 13.4. The Morgan fingerprint density at radius 1 is 1.18 bits per heavy atom. The van der Waals surface area contributed by atoms with Gasteiger partial charge in [-0.2, -0.15) is 15.5 Å². The van der Waals surface area contributed by atoms with Gasteiger partial charge < -0.3 is 19.1 Å². The Kier molecular flexibility index (Phi) is 8.33. The zero-order chi connectivity index (χ0) is 31.6. The lowest BCUT2D eigenvalue weighted by molar-refractivity contribution is 0.0534. The van der Waals surface area contributed by atoms with Gasteiger partial charge in [-0.3, -0.25) is 4.90 Å². The van der Waals surface area contributed by atoms with Crippen LogP contribution < -0.4 is 9.47 Å². The van der Waals surface area contributed by atoms with E-state index in [2.05, 4.69) is 32.4 Å². The first-order valence-electron chi connectivity index (χ1n) is 14.9. The van der Waals surface area contributed by atoms with Crippen LogP contribution in [0.2, 0.25) is 0 Å². The molecule has 4 aromatic rings. The first-order valence-corrected chi connectivity index (χ1v) is 14.9. The van der Waals surface area contributed by atoms with Crippen molar-refractivity contribution in [3.05, 3.63) is 77.3 Å². The van der Waals surface area contributed by atoms with Crippen LogP contribution in [-0.4, -0.2) is 54.2 Å². The minimum atomic E-state index is -0.982. The van der Waals surface area contributed by atoms with Crippen LogP contribution in [0, 0.1) is 33.9 Å². The van der Waals surface area contributed by atoms with Crippen molar-refractivity contribution < 1.29 is 23.8 Å². The van der Waals surface area contributed by atoms with Crippen molar-refractivity contribution in [2.24, 2.45) is 5.41 Å². The predicted molar refractivity (Wildman–Crippen MR) is 160 cm³/mol. The van der Waals surface area contributed by atoms with Crippen LogP contribution in [0.3, 0.4) is 0 Å². The second kappa shape index (κ2) is 12.5. The van der Waals surface area contributed by atoms with Gasteiger partial charge in [0.1, 0.15) is 36.2 Å². The summed E-state index contributed by atoms with van der Waals surface area (Å²) in [6.07, 6.45) is 5.47. The van der Waals surface area contributed by atoms with E-state index >= 15 is 0 Å². The summed E-state index contributed by atoms with van der Waals surface area (Å²) in [4.78, 5) is 27.7. The molecule has 2 aromatic heterocycles. The average molecular weight is 610 g/mol. The van der Waals surface area contributed by atoms with E-state index < -0.39 is 11.8 Å². The minimum absolute atomic E-state index is 0.00300. The maximum Gasteiger partial charge on any atom is 0.335 e. The van der Waals surface area contributed by atoms with Crippen LogP contribution in [-0.2, 0) is 19.7 Å². The topological polar surface area (TPSA) is 150 Å². The van der Waals surface area contributed by atoms with Crippen molar-refractivity contribution in [3.8, 4) is 23.8 Å². The number of carbonyl (C=O) groups is 1. The second-order valence-electron chi connectivity index (χ2n) is 11.9. The van der Waals surface area contributed by atoms with Gasteiger partial charge in [-0.25, -0.2) is 19.2 Å². The zero-order valence-electron chi connectivity index (χ0n) is 24.8. The number of aromatic carboxylic acids is 1. The lowest BCUT2D eigenvalue weighted by Crippen LogP contribution is -2.44. The van der Waals surface area contributed by atoms with Crippen molar-refractivity contribution in [3.63, 3.8) is 0 Å². The van der Waals surface area contributed by atoms with Crippen molar-refractivity contribution >= 4 is 17.0 Å². The number of carboxylic acids is 1. The number of hydrogen-bond donors (Lipinski definition) is 1. The number of nitriles is 2. The van der Waals surface area contributed by atoms with E-state index in [9.17, 15) is 24.8 Å². The molecule has 6 rings (SSSR count). The molecule has 230 valence electrons. The molecule has 11 nitrogen and oxygen atoms in total. The van der Waals surface area contributed by atoms with Crippen molar-refractivity contribution in [2.75, 3.05) is 6.54 Å². The fourth-order valence-corrected chi connectivity index (χ4v) is 5.92. The SMILES string of the molecule is C[C@H]1C[C@@H](Oc2ccnc(COc3ccc(F)cc3C#N)n2)CCN1Cc1nc2ccc(C(=O)O)cc2n1CC1(CC#N)CC1. The summed E-state index contributed by atoms with van der Waals surface area (Å²) in [5.74, 6) is 0.427. The van der Waals surface area contributed by atoms with E-state index in [1.54, 1.807) is 30.5 Å². The number of fused-ring (bicyclic) bond motifs is 1. The molecular weight excluding hydrogens is 577 g/mol. The highest BCUT2D eigenvalue weighted by molar-refractivity contribution is 5.92. The van der Waals surface area contributed by atoms with Gasteiger partial charge in [0, 0.05) is 43.2 Å². The largest absolute Gasteiger partial charge is 0.484 e. The molecule has 2 aromatic carbocycles. The number of nitrogens with zero attached hydrogens (tertiary/aromatic N) is 7. The number of imidazole rings is 1. The number of carboxylic acid groups (broad SMARTS) is 1. The molecule has 45 heavy (non-hydrogen) atoms. The molecule has 1 saturated heterocycles. The molecule has 0 bridgehead atoms. The molecule has 0 spiro atoms. The summed E-state index contributed by atoms with van der Waals surface area (Å²) >= 11 is 0. The van der Waals surface area contributed by atoms with Gasteiger partial charge in [0.25, 0.3) is 0 Å². The van der Waals surface area contributed by atoms with E-state index in [0.29, 0.717) is 31.2 Å². The van der Waals surface area contributed by atoms with Crippen LogP contribution in [0.4, 0.5) is 4.39 Å². The number of ether oxygens (including phenoxy) is 2. The van der Waals surface area contributed by atoms with Gasteiger partial charge in [0.15, 0.2) is 5.82 Å². The zero-order valence-corrected chi connectivity index (χ0v) is 24.8. The molecule has 3 heterocycles. The first kappa shape index (κ1) is 30.0. The summed E-state index contributed by atoms with van der Waals surface area (Å²) in [5.41, 5.74) is 1.76. The molecule has 1 aliphatic heterocycles. The first-order chi connectivity index (χ1) is 21.8. The van der Waals surface area contributed by atoms with E-state index in [0.717, 1.165) is 55.2 Å². The lowest BCUT2D eigenvalue weighted by atomic mass is 10.0. The number of halogens is 1. The third-order valence-electron chi connectivity index (χ3n) is 8.68. The Balaban J connectivity index is 1.11. The number of aromatic nitrogens is 4. The monoisotopic (exact) mass is 609 g/mol. The van der Waals surface area contributed by atoms with Crippen LogP contribution >= 0.6 is 0 Å². The van der Waals surface area contributed by atoms with Crippen LogP contribution in [0.15, 0.2) is 48.7 Å². The quantitative estimate of drug-likeness (QED) is 0.239. The van der Waals surface area contributed by atoms with Crippen molar-refractivity contribution in [1.29, 1.82) is 10.5 Å². The molecule has 2 atom stereocenters. The average Bonchev–Trinajstić information content (AvgIpc) is 3.71. The number of benzene rings is 2. The third kappa shape index (κ3) is 6.71. The Morgan fingerprint density at radius 3 is 2.76 bits per heavy atom. The van der Waals surface area contributed by atoms with Crippen LogP contribution in [0.25, 0.3) is 11.0 Å². The normalized spacial score (nSPS) is 19.0. The van der Waals surface area contributed by atoms with Gasteiger partial charge in [0.05, 0.1) is 34.8 Å². The fourth-order valence-electron chi connectivity index (χ4n) is 5.92. The highest BCUT2D eigenvalue weighted by Crippen LogP contribution is 2.50. The second-order valence-corrected chi connectivity index (χ2v) is 11.9. The summed E-state index contributed by atoms with van der Waals surface area (Å²) in [6, 6.07) is 14.9. The van der Waals surface area contributed by atoms with Gasteiger partial charge >= 0.3 is 5.97 Å². The molecule has 1 N–H and O–H groups in total. The van der Waals surface area contributed by atoms with Crippen LogP contribution in [0.5, 0.6) is 11.6 Å². The van der Waals surface area contributed by atoms with E-state index in [4.69, 9.17) is 14.5 Å². The highest BCUT2D eigenvalue weighted by atomic mass is 19.1. The minimum Gasteiger partial charge on any atom is -0.484 e. The Labute approximate surface area is 259 Å². The highest BCUT2D eigenvalue weighted by Gasteiger charge is 2.43. The third-order valence-corrected chi connectivity index (χ3v) is 8.68. The number of rotatable bonds is 11. The maximum atomic E-state index is 13.4. The van der Waals surface area contributed by atoms with Gasteiger partial charge in [-0.1, -0.05) is 0 Å². The Morgan fingerprint density at radius 2 is 2.02 bits per heavy atom. The molecule has 1 saturated carbocycles. The predicted octanol–water partition coefficient (Wildman–Crippen LogP) is 5.24. The molecule has 0 amide bonds. The summed E-state index contributed by atoms with van der Waals surface area (Å²) in [5, 5.41) is 28.2. The fraction of sp³-hybridized carbons (Fsp3) is 0.394. The van der Waals surface area contributed by atoms with Gasteiger partial charge in [-0.15, -0.1) is 0 Å². The molecule has 0 radical (unpaired) electrons. The Bertz CT molecular complexity index is 1820. The summed E-state index contributed by atoms with van der Waals surface area (Å²) < 4.78 is 27.5. The summed E-state index contributed by atoms with van der Waals surface area (Å²) in [6.45, 7) is 4.15.